The van der Waals surface area contributed by atoms with Crippen LogP contribution in [0.25, 0.3) is 0 Å². The fourth-order valence-corrected chi connectivity index (χ4v) is 2.18. The fraction of sp³-hybridized carbons (Fsp3) is 0.308. The molecular formula is C13H14N2O5. The van der Waals surface area contributed by atoms with Gasteiger partial charge in [0.2, 0.25) is 0 Å². The van der Waals surface area contributed by atoms with Crippen molar-refractivity contribution in [3.63, 3.8) is 0 Å². The first-order valence-electron chi connectivity index (χ1n) is 6.09. The summed E-state index contributed by atoms with van der Waals surface area (Å²) in [5.74, 6) is -1.21. The number of H-pyrrole nitrogens is 1. The molecule has 0 aliphatic carbocycles. The number of ether oxygens (including phenoxy) is 1. The molecule has 0 saturated heterocycles. The van der Waals surface area contributed by atoms with Crippen molar-refractivity contribution in [2.75, 3.05) is 18.1 Å². The number of nitrogens with zero attached hydrogens (tertiary/aromatic N) is 1. The lowest BCUT2D eigenvalue weighted by Gasteiger charge is -2.29. The summed E-state index contributed by atoms with van der Waals surface area (Å²) in [7, 11) is 0. The molecule has 0 atom stereocenters. The number of aromatic amines is 1. The van der Waals surface area contributed by atoms with Gasteiger partial charge in [-0.05, 0) is 12.8 Å². The standard InChI is InChI=1S/C13H14N2O5/c1-2-6-20-13(19)15-5-3-4-8-10(15)9(12(17)18)7-14-11(8)16/h2,7H,1,3-6H2,(H,14,16)(H,17,18). The number of amides is 1. The first-order valence-corrected chi connectivity index (χ1v) is 6.09. The van der Waals surface area contributed by atoms with Crippen molar-refractivity contribution in [3.05, 3.63) is 40.3 Å². The van der Waals surface area contributed by atoms with Crippen LogP contribution in [0.2, 0.25) is 0 Å². The number of hydrogen-bond donors (Lipinski definition) is 2. The highest BCUT2D eigenvalue weighted by atomic mass is 16.6. The SMILES string of the molecule is C=CCOC(=O)N1CCCc2c1c(C(=O)O)c[nH]c2=O. The molecule has 7 heteroatoms. The number of carbonyl (C=O) groups excluding carboxylic acids is 1. The predicted octanol–water partition coefficient (Wildman–Crippen LogP) is 1.15. The topological polar surface area (TPSA) is 99.7 Å². The molecule has 1 aliphatic rings. The van der Waals surface area contributed by atoms with Gasteiger partial charge < -0.3 is 14.8 Å². The monoisotopic (exact) mass is 278 g/mol. The van der Waals surface area contributed by atoms with Crippen molar-refractivity contribution in [2.24, 2.45) is 0 Å². The first kappa shape index (κ1) is 13.9. The van der Waals surface area contributed by atoms with E-state index in [0.29, 0.717) is 24.9 Å². The lowest BCUT2D eigenvalue weighted by atomic mass is 10.0. The molecule has 0 unspecified atom stereocenters. The highest BCUT2D eigenvalue weighted by molar-refractivity contribution is 6.01. The molecule has 20 heavy (non-hydrogen) atoms. The minimum absolute atomic E-state index is 0.0241. The molecule has 1 aliphatic heterocycles. The molecule has 0 spiro atoms. The van der Waals surface area contributed by atoms with Crippen LogP contribution in [0.1, 0.15) is 22.3 Å². The van der Waals surface area contributed by atoms with Crippen molar-refractivity contribution in [2.45, 2.75) is 12.8 Å². The summed E-state index contributed by atoms with van der Waals surface area (Å²) < 4.78 is 4.93. The number of rotatable bonds is 3. The third kappa shape index (κ3) is 2.42. The molecule has 2 heterocycles. The van der Waals surface area contributed by atoms with Crippen LogP contribution in [-0.2, 0) is 11.2 Å². The van der Waals surface area contributed by atoms with Crippen LogP contribution in [0, 0.1) is 0 Å². The Bertz CT molecular complexity index is 620. The summed E-state index contributed by atoms with van der Waals surface area (Å²) in [6.07, 6.45) is 2.83. The Labute approximate surface area is 114 Å². The number of aromatic carboxylic acids is 1. The van der Waals surface area contributed by atoms with Crippen LogP contribution in [0.15, 0.2) is 23.6 Å². The molecule has 0 bridgehead atoms. The number of anilines is 1. The van der Waals surface area contributed by atoms with E-state index in [-0.39, 0.29) is 23.4 Å². The number of hydrogen-bond acceptors (Lipinski definition) is 4. The number of carboxylic acids is 1. The van der Waals surface area contributed by atoms with Gasteiger partial charge in [0, 0.05) is 18.3 Å². The van der Waals surface area contributed by atoms with Crippen LogP contribution in [0.3, 0.4) is 0 Å². The van der Waals surface area contributed by atoms with E-state index in [2.05, 4.69) is 11.6 Å². The molecule has 2 rings (SSSR count). The zero-order valence-corrected chi connectivity index (χ0v) is 10.7. The molecule has 0 radical (unpaired) electrons. The maximum absolute atomic E-state index is 12.0. The molecule has 7 nitrogen and oxygen atoms in total. The van der Waals surface area contributed by atoms with Crippen LogP contribution < -0.4 is 10.5 Å². The Morgan fingerprint density at radius 2 is 2.30 bits per heavy atom. The smallest absolute Gasteiger partial charge is 0.414 e. The molecule has 2 N–H and O–H groups in total. The second-order valence-corrected chi connectivity index (χ2v) is 4.28. The van der Waals surface area contributed by atoms with Gasteiger partial charge in [0.05, 0.1) is 11.3 Å². The number of aromatic nitrogens is 1. The van der Waals surface area contributed by atoms with E-state index in [1.807, 2.05) is 0 Å². The number of carbonyl (C=O) groups is 2. The van der Waals surface area contributed by atoms with Crippen molar-refractivity contribution < 1.29 is 19.4 Å². The van der Waals surface area contributed by atoms with Crippen molar-refractivity contribution >= 4 is 17.7 Å². The molecule has 0 fully saturated rings. The van der Waals surface area contributed by atoms with Crippen molar-refractivity contribution in [1.29, 1.82) is 0 Å². The van der Waals surface area contributed by atoms with Gasteiger partial charge in [-0.15, -0.1) is 0 Å². The number of nitrogens with one attached hydrogen (secondary N) is 1. The second kappa shape index (κ2) is 5.60. The summed E-state index contributed by atoms with van der Waals surface area (Å²) >= 11 is 0. The van der Waals surface area contributed by atoms with E-state index in [1.165, 1.54) is 11.0 Å². The third-order valence-corrected chi connectivity index (χ3v) is 3.02. The first-order chi connectivity index (χ1) is 9.56. The van der Waals surface area contributed by atoms with Gasteiger partial charge in [0.25, 0.3) is 5.56 Å². The number of fused-ring (bicyclic) bond motifs is 1. The van der Waals surface area contributed by atoms with E-state index >= 15 is 0 Å². The van der Waals surface area contributed by atoms with Crippen LogP contribution in [0.4, 0.5) is 10.5 Å². The van der Waals surface area contributed by atoms with Gasteiger partial charge in [-0.2, -0.15) is 0 Å². The van der Waals surface area contributed by atoms with E-state index in [0.717, 1.165) is 6.20 Å². The molecule has 0 aromatic carbocycles. The number of carboxylic acid groups (broad SMARTS) is 1. The van der Waals surface area contributed by atoms with E-state index in [1.54, 1.807) is 0 Å². The van der Waals surface area contributed by atoms with E-state index < -0.39 is 12.1 Å². The van der Waals surface area contributed by atoms with E-state index in [4.69, 9.17) is 4.74 Å². The lowest BCUT2D eigenvalue weighted by molar-refractivity contribution is 0.0697. The Morgan fingerprint density at radius 1 is 1.55 bits per heavy atom. The molecule has 1 amide bonds. The van der Waals surface area contributed by atoms with Crippen molar-refractivity contribution in [1.82, 2.24) is 4.98 Å². The average molecular weight is 278 g/mol. The van der Waals surface area contributed by atoms with Gasteiger partial charge in [-0.1, -0.05) is 12.7 Å². The lowest BCUT2D eigenvalue weighted by Crippen LogP contribution is -2.39. The molecule has 0 saturated carbocycles. The highest BCUT2D eigenvalue weighted by Gasteiger charge is 2.30. The second-order valence-electron chi connectivity index (χ2n) is 4.28. The summed E-state index contributed by atoms with van der Waals surface area (Å²) in [5.41, 5.74) is -0.0747. The fourth-order valence-electron chi connectivity index (χ4n) is 2.18. The summed E-state index contributed by atoms with van der Waals surface area (Å²) in [4.78, 5) is 38.6. The number of pyridine rings is 1. The van der Waals surface area contributed by atoms with Gasteiger partial charge in [-0.3, -0.25) is 9.69 Å². The Morgan fingerprint density at radius 3 is 2.95 bits per heavy atom. The Balaban J connectivity index is 2.50. The van der Waals surface area contributed by atoms with E-state index in [9.17, 15) is 19.5 Å². The zero-order valence-electron chi connectivity index (χ0n) is 10.7. The molecular weight excluding hydrogens is 264 g/mol. The largest absolute Gasteiger partial charge is 0.478 e. The molecule has 1 aromatic rings. The van der Waals surface area contributed by atoms with Gasteiger partial charge >= 0.3 is 12.1 Å². The minimum atomic E-state index is -1.21. The minimum Gasteiger partial charge on any atom is -0.478 e. The molecule has 1 aromatic heterocycles. The quantitative estimate of drug-likeness (QED) is 0.808. The third-order valence-electron chi connectivity index (χ3n) is 3.02. The van der Waals surface area contributed by atoms with Gasteiger partial charge in [-0.25, -0.2) is 9.59 Å². The van der Waals surface area contributed by atoms with Crippen LogP contribution in [0.5, 0.6) is 0 Å². The maximum Gasteiger partial charge on any atom is 0.414 e. The molecule has 106 valence electrons. The van der Waals surface area contributed by atoms with Crippen molar-refractivity contribution in [3.8, 4) is 0 Å². The van der Waals surface area contributed by atoms with Crippen LogP contribution in [-0.4, -0.2) is 35.3 Å². The average Bonchev–Trinajstić information content (AvgIpc) is 2.44. The summed E-state index contributed by atoms with van der Waals surface area (Å²) in [6.45, 7) is 3.77. The maximum atomic E-state index is 12.0. The zero-order chi connectivity index (χ0) is 14.7. The summed E-state index contributed by atoms with van der Waals surface area (Å²) in [5, 5.41) is 9.19. The van der Waals surface area contributed by atoms with Gasteiger partial charge in [0.15, 0.2) is 0 Å². The Hall–Kier alpha value is -2.57. The predicted molar refractivity (Wildman–Crippen MR) is 71.2 cm³/mol. The highest BCUT2D eigenvalue weighted by Crippen LogP contribution is 2.28. The summed E-state index contributed by atoms with van der Waals surface area (Å²) in [6, 6.07) is 0. The normalized spacial score (nSPS) is 13.5. The Kier molecular flexibility index (Phi) is 3.88. The van der Waals surface area contributed by atoms with Crippen LogP contribution >= 0.6 is 0 Å². The van der Waals surface area contributed by atoms with Gasteiger partial charge in [0.1, 0.15) is 6.61 Å².